The molecule has 2 heterocycles. The predicted molar refractivity (Wildman–Crippen MR) is 87.1 cm³/mol. The monoisotopic (exact) mass is 330 g/mol. The van der Waals surface area contributed by atoms with Gasteiger partial charge in [-0.1, -0.05) is 23.2 Å². The van der Waals surface area contributed by atoms with Gasteiger partial charge < -0.3 is 4.90 Å². The van der Waals surface area contributed by atoms with Crippen LogP contribution in [0, 0.1) is 0 Å². The standard InChI is InChI=1S/C13H12Cl2N2S2/c14-9-1-2-11(15)10(7-9)12-8-19-13(16-12)17-3-5-18-6-4-17/h1-2,7-8H,3-6H2. The highest BCUT2D eigenvalue weighted by molar-refractivity contribution is 7.99. The summed E-state index contributed by atoms with van der Waals surface area (Å²) in [6.07, 6.45) is 0. The zero-order valence-corrected chi connectivity index (χ0v) is 13.2. The normalized spacial score (nSPS) is 15.8. The van der Waals surface area contributed by atoms with Crippen LogP contribution < -0.4 is 4.90 Å². The summed E-state index contributed by atoms with van der Waals surface area (Å²) in [6, 6.07) is 5.48. The second-order valence-electron chi connectivity index (χ2n) is 4.24. The van der Waals surface area contributed by atoms with Gasteiger partial charge in [0, 0.05) is 40.6 Å². The van der Waals surface area contributed by atoms with Gasteiger partial charge >= 0.3 is 0 Å². The quantitative estimate of drug-likeness (QED) is 0.795. The van der Waals surface area contributed by atoms with Crippen LogP contribution in [0.4, 0.5) is 5.13 Å². The Morgan fingerprint density at radius 3 is 2.74 bits per heavy atom. The van der Waals surface area contributed by atoms with E-state index in [-0.39, 0.29) is 0 Å². The van der Waals surface area contributed by atoms with E-state index in [0.29, 0.717) is 10.0 Å². The minimum atomic E-state index is 0.684. The van der Waals surface area contributed by atoms with Gasteiger partial charge in [0.05, 0.1) is 10.7 Å². The summed E-state index contributed by atoms with van der Waals surface area (Å²) in [5.41, 5.74) is 1.81. The number of halogens is 2. The fourth-order valence-corrected chi connectivity index (χ4v) is 4.15. The van der Waals surface area contributed by atoms with Crippen LogP contribution in [0.3, 0.4) is 0 Å². The van der Waals surface area contributed by atoms with E-state index in [2.05, 4.69) is 10.3 Å². The zero-order chi connectivity index (χ0) is 13.2. The van der Waals surface area contributed by atoms with Crippen molar-refractivity contribution in [2.75, 3.05) is 29.5 Å². The molecule has 100 valence electrons. The van der Waals surface area contributed by atoms with Crippen LogP contribution in [0.2, 0.25) is 10.0 Å². The molecule has 2 aromatic rings. The number of nitrogens with zero attached hydrogens (tertiary/aromatic N) is 2. The van der Waals surface area contributed by atoms with Crippen LogP contribution in [0.25, 0.3) is 11.3 Å². The van der Waals surface area contributed by atoms with Gasteiger partial charge in [0.15, 0.2) is 5.13 Å². The van der Waals surface area contributed by atoms with Crippen molar-refractivity contribution in [1.82, 2.24) is 4.98 Å². The molecular formula is C13H12Cl2N2S2. The highest BCUT2D eigenvalue weighted by Crippen LogP contribution is 2.34. The molecule has 0 atom stereocenters. The molecule has 19 heavy (non-hydrogen) atoms. The van der Waals surface area contributed by atoms with E-state index in [1.54, 1.807) is 17.4 Å². The van der Waals surface area contributed by atoms with E-state index in [9.17, 15) is 0 Å². The maximum absolute atomic E-state index is 6.21. The minimum absolute atomic E-state index is 0.684. The summed E-state index contributed by atoms with van der Waals surface area (Å²) in [5.74, 6) is 2.35. The van der Waals surface area contributed by atoms with Gasteiger partial charge in [-0.2, -0.15) is 11.8 Å². The van der Waals surface area contributed by atoms with Gasteiger partial charge in [-0.3, -0.25) is 0 Å². The Labute approximate surface area is 130 Å². The fraction of sp³-hybridized carbons (Fsp3) is 0.308. The number of anilines is 1. The van der Waals surface area contributed by atoms with Crippen molar-refractivity contribution in [3.05, 3.63) is 33.6 Å². The van der Waals surface area contributed by atoms with Crippen LogP contribution in [-0.4, -0.2) is 29.6 Å². The summed E-state index contributed by atoms with van der Waals surface area (Å²) in [4.78, 5) is 7.03. The lowest BCUT2D eigenvalue weighted by atomic mass is 10.2. The van der Waals surface area contributed by atoms with Crippen molar-refractivity contribution >= 4 is 51.4 Å². The number of hydrogen-bond acceptors (Lipinski definition) is 4. The van der Waals surface area contributed by atoms with Crippen molar-refractivity contribution in [2.45, 2.75) is 0 Å². The summed E-state index contributed by atoms with van der Waals surface area (Å²) in [5, 5.41) is 4.50. The lowest BCUT2D eigenvalue weighted by Crippen LogP contribution is -2.32. The Morgan fingerprint density at radius 2 is 1.95 bits per heavy atom. The maximum Gasteiger partial charge on any atom is 0.185 e. The van der Waals surface area contributed by atoms with Gasteiger partial charge in [-0.05, 0) is 18.2 Å². The highest BCUT2D eigenvalue weighted by Gasteiger charge is 2.16. The van der Waals surface area contributed by atoms with Gasteiger partial charge in [0.25, 0.3) is 0 Å². The third kappa shape index (κ3) is 3.02. The zero-order valence-electron chi connectivity index (χ0n) is 10.1. The first kappa shape index (κ1) is 13.6. The van der Waals surface area contributed by atoms with Gasteiger partial charge in [0.2, 0.25) is 0 Å². The average molecular weight is 331 g/mol. The lowest BCUT2D eigenvalue weighted by Gasteiger charge is -2.25. The van der Waals surface area contributed by atoms with E-state index in [1.807, 2.05) is 23.9 Å². The SMILES string of the molecule is Clc1ccc(Cl)c(-c2csc(N3CCSCC3)n2)c1. The van der Waals surface area contributed by atoms with Crippen LogP contribution in [0.1, 0.15) is 0 Å². The Balaban J connectivity index is 1.89. The van der Waals surface area contributed by atoms with E-state index in [1.165, 1.54) is 11.5 Å². The molecule has 0 bridgehead atoms. The van der Waals surface area contributed by atoms with Crippen LogP contribution in [0.15, 0.2) is 23.6 Å². The molecule has 1 aliphatic rings. The molecule has 0 aliphatic carbocycles. The van der Waals surface area contributed by atoms with E-state index < -0.39 is 0 Å². The molecular weight excluding hydrogens is 319 g/mol. The maximum atomic E-state index is 6.21. The Kier molecular flexibility index (Phi) is 4.22. The van der Waals surface area contributed by atoms with E-state index >= 15 is 0 Å². The smallest absolute Gasteiger partial charge is 0.185 e. The molecule has 0 radical (unpaired) electrons. The number of benzene rings is 1. The van der Waals surface area contributed by atoms with Crippen molar-refractivity contribution in [2.24, 2.45) is 0 Å². The molecule has 0 unspecified atom stereocenters. The molecule has 1 aromatic carbocycles. The van der Waals surface area contributed by atoms with Crippen LogP contribution in [-0.2, 0) is 0 Å². The molecule has 0 N–H and O–H groups in total. The van der Waals surface area contributed by atoms with E-state index in [0.717, 1.165) is 29.5 Å². The number of hydrogen-bond donors (Lipinski definition) is 0. The minimum Gasteiger partial charge on any atom is -0.346 e. The predicted octanol–water partition coefficient (Wildman–Crippen LogP) is 4.67. The third-order valence-corrected chi connectivity index (χ3v) is 5.39. The number of thiazole rings is 1. The molecule has 6 heteroatoms. The van der Waals surface area contributed by atoms with Gasteiger partial charge in [-0.25, -0.2) is 4.98 Å². The summed E-state index contributed by atoms with van der Waals surface area (Å²) < 4.78 is 0. The summed E-state index contributed by atoms with van der Waals surface area (Å²) >= 11 is 15.9. The van der Waals surface area contributed by atoms with Gasteiger partial charge in [0.1, 0.15) is 0 Å². The fourth-order valence-electron chi connectivity index (χ4n) is 1.98. The molecule has 1 saturated heterocycles. The first-order valence-electron chi connectivity index (χ1n) is 5.98. The third-order valence-electron chi connectivity index (χ3n) is 2.98. The lowest BCUT2D eigenvalue weighted by molar-refractivity contribution is 0.853. The van der Waals surface area contributed by atoms with Gasteiger partial charge in [-0.15, -0.1) is 11.3 Å². The Bertz CT molecular complexity index is 580. The van der Waals surface area contributed by atoms with Crippen molar-refractivity contribution < 1.29 is 0 Å². The number of thioether (sulfide) groups is 1. The average Bonchev–Trinajstić information content (AvgIpc) is 2.92. The Morgan fingerprint density at radius 1 is 1.16 bits per heavy atom. The second kappa shape index (κ2) is 5.92. The van der Waals surface area contributed by atoms with Crippen LogP contribution >= 0.6 is 46.3 Å². The first-order chi connectivity index (χ1) is 9.24. The van der Waals surface area contributed by atoms with E-state index in [4.69, 9.17) is 28.2 Å². The molecule has 1 aliphatic heterocycles. The van der Waals surface area contributed by atoms with Crippen LogP contribution in [0.5, 0.6) is 0 Å². The largest absolute Gasteiger partial charge is 0.346 e. The second-order valence-corrected chi connectivity index (χ2v) is 7.14. The van der Waals surface area contributed by atoms with Crippen molar-refractivity contribution in [1.29, 1.82) is 0 Å². The molecule has 0 amide bonds. The molecule has 1 aromatic heterocycles. The highest BCUT2D eigenvalue weighted by atomic mass is 35.5. The van der Waals surface area contributed by atoms with Crippen molar-refractivity contribution in [3.8, 4) is 11.3 Å². The number of rotatable bonds is 2. The Hall–Kier alpha value is -0.420. The first-order valence-corrected chi connectivity index (χ1v) is 8.77. The molecule has 1 fully saturated rings. The molecule has 0 spiro atoms. The molecule has 2 nitrogen and oxygen atoms in total. The summed E-state index contributed by atoms with van der Waals surface area (Å²) in [6.45, 7) is 2.14. The summed E-state index contributed by atoms with van der Waals surface area (Å²) in [7, 11) is 0. The number of aromatic nitrogens is 1. The molecule has 0 saturated carbocycles. The van der Waals surface area contributed by atoms with Crippen molar-refractivity contribution in [3.63, 3.8) is 0 Å². The topological polar surface area (TPSA) is 16.1 Å². The molecule has 3 rings (SSSR count).